The molecule has 3 aromatic rings. The molecule has 0 bridgehead atoms. The van der Waals surface area contributed by atoms with E-state index in [1.165, 1.54) is 0 Å². The van der Waals surface area contributed by atoms with Crippen molar-refractivity contribution in [2.45, 2.75) is 27.2 Å². The number of hydrogen-bond acceptors (Lipinski definition) is 3. The minimum atomic E-state index is -0.294. The third-order valence-electron chi connectivity index (χ3n) is 3.89. The SMILES string of the molecule is CCc1nc2c(C)cc(Br)cn2c1C(=O)Nc1cc(C)ccc1O. The number of phenolic OH excluding ortho intramolecular Hbond substituents is 1. The summed E-state index contributed by atoms with van der Waals surface area (Å²) in [6, 6.07) is 7.07. The average molecular weight is 388 g/mol. The van der Waals surface area contributed by atoms with Crippen molar-refractivity contribution < 1.29 is 9.90 Å². The summed E-state index contributed by atoms with van der Waals surface area (Å²) < 4.78 is 2.67. The fraction of sp³-hybridized carbons (Fsp3) is 0.222. The maximum Gasteiger partial charge on any atom is 0.274 e. The van der Waals surface area contributed by atoms with Crippen molar-refractivity contribution in [3.05, 3.63) is 57.4 Å². The van der Waals surface area contributed by atoms with E-state index in [1.807, 2.05) is 33.0 Å². The van der Waals surface area contributed by atoms with E-state index in [1.54, 1.807) is 22.6 Å². The van der Waals surface area contributed by atoms with Gasteiger partial charge in [0.2, 0.25) is 0 Å². The number of amides is 1. The lowest BCUT2D eigenvalue weighted by atomic mass is 10.2. The zero-order valence-corrected chi connectivity index (χ0v) is 15.3. The van der Waals surface area contributed by atoms with Crippen LogP contribution >= 0.6 is 15.9 Å². The van der Waals surface area contributed by atoms with Gasteiger partial charge < -0.3 is 10.4 Å². The van der Waals surface area contributed by atoms with Crippen molar-refractivity contribution in [3.8, 4) is 5.75 Å². The third-order valence-corrected chi connectivity index (χ3v) is 4.33. The molecule has 2 aromatic heterocycles. The predicted molar refractivity (Wildman–Crippen MR) is 97.8 cm³/mol. The Balaban J connectivity index is 2.11. The topological polar surface area (TPSA) is 66.6 Å². The standard InChI is InChI=1S/C18H18BrN3O2/c1-4-13-16(22-9-12(19)8-11(3)17(22)20-13)18(24)21-14-7-10(2)5-6-15(14)23/h5-9,23H,4H2,1-3H3,(H,21,24). The molecule has 2 heterocycles. The van der Waals surface area contributed by atoms with Crippen LogP contribution in [0.25, 0.3) is 5.65 Å². The van der Waals surface area contributed by atoms with Crippen LogP contribution in [0, 0.1) is 13.8 Å². The number of nitrogens with zero attached hydrogens (tertiary/aromatic N) is 2. The Morgan fingerprint density at radius 3 is 2.79 bits per heavy atom. The molecule has 0 spiro atoms. The lowest BCUT2D eigenvalue weighted by molar-refractivity contribution is 0.102. The fourth-order valence-electron chi connectivity index (χ4n) is 2.73. The zero-order valence-electron chi connectivity index (χ0n) is 13.7. The van der Waals surface area contributed by atoms with Gasteiger partial charge in [-0.15, -0.1) is 0 Å². The summed E-state index contributed by atoms with van der Waals surface area (Å²) in [4.78, 5) is 17.4. The average Bonchev–Trinajstić information content (AvgIpc) is 2.89. The lowest BCUT2D eigenvalue weighted by Gasteiger charge is -2.09. The Bertz CT molecular complexity index is 947. The fourth-order valence-corrected chi connectivity index (χ4v) is 3.28. The number of hydrogen-bond donors (Lipinski definition) is 2. The van der Waals surface area contributed by atoms with Crippen LogP contribution in [0.1, 0.15) is 34.2 Å². The molecule has 0 unspecified atom stereocenters. The van der Waals surface area contributed by atoms with Gasteiger partial charge in [0.05, 0.1) is 11.4 Å². The van der Waals surface area contributed by atoms with Gasteiger partial charge in [0.1, 0.15) is 17.1 Å². The van der Waals surface area contributed by atoms with Crippen LogP contribution < -0.4 is 5.32 Å². The molecule has 0 atom stereocenters. The van der Waals surface area contributed by atoms with Crippen LogP contribution in [0.15, 0.2) is 34.9 Å². The van der Waals surface area contributed by atoms with Gasteiger partial charge in [0, 0.05) is 10.7 Å². The quantitative estimate of drug-likeness (QED) is 0.660. The Morgan fingerprint density at radius 1 is 1.33 bits per heavy atom. The van der Waals surface area contributed by atoms with E-state index in [4.69, 9.17) is 0 Å². The molecule has 24 heavy (non-hydrogen) atoms. The van der Waals surface area contributed by atoms with Crippen molar-refractivity contribution in [1.29, 1.82) is 0 Å². The van der Waals surface area contributed by atoms with E-state index >= 15 is 0 Å². The molecule has 0 saturated carbocycles. The first-order chi connectivity index (χ1) is 11.4. The number of aromatic hydroxyl groups is 1. The van der Waals surface area contributed by atoms with E-state index in [-0.39, 0.29) is 11.7 Å². The second-order valence-electron chi connectivity index (χ2n) is 5.77. The summed E-state index contributed by atoms with van der Waals surface area (Å²) in [7, 11) is 0. The molecule has 5 nitrogen and oxygen atoms in total. The van der Waals surface area contributed by atoms with E-state index in [0.717, 1.165) is 26.9 Å². The number of aryl methyl sites for hydroxylation is 3. The summed E-state index contributed by atoms with van der Waals surface area (Å²) in [6.45, 7) is 5.83. The second-order valence-corrected chi connectivity index (χ2v) is 6.69. The van der Waals surface area contributed by atoms with Crippen molar-refractivity contribution in [3.63, 3.8) is 0 Å². The number of nitrogens with one attached hydrogen (secondary N) is 1. The summed E-state index contributed by atoms with van der Waals surface area (Å²) in [5.41, 5.74) is 4.29. The molecule has 0 radical (unpaired) electrons. The largest absolute Gasteiger partial charge is 0.506 e. The summed E-state index contributed by atoms with van der Waals surface area (Å²) in [5.74, 6) is -0.254. The Labute approximate surface area is 148 Å². The van der Waals surface area contributed by atoms with E-state index < -0.39 is 0 Å². The van der Waals surface area contributed by atoms with Crippen LogP contribution in [0.4, 0.5) is 5.69 Å². The van der Waals surface area contributed by atoms with Gasteiger partial charge in [-0.2, -0.15) is 0 Å². The molecule has 0 aliphatic rings. The van der Waals surface area contributed by atoms with Gasteiger partial charge in [-0.05, 0) is 65.5 Å². The van der Waals surface area contributed by atoms with Gasteiger partial charge in [-0.1, -0.05) is 13.0 Å². The number of rotatable bonds is 3. The van der Waals surface area contributed by atoms with Crippen LogP contribution in [-0.2, 0) is 6.42 Å². The molecule has 3 rings (SSSR count). The number of aromatic nitrogens is 2. The van der Waals surface area contributed by atoms with Crippen LogP contribution in [0.3, 0.4) is 0 Å². The number of benzene rings is 1. The van der Waals surface area contributed by atoms with Crippen LogP contribution in [0.5, 0.6) is 5.75 Å². The van der Waals surface area contributed by atoms with Crippen LogP contribution in [-0.4, -0.2) is 20.4 Å². The molecular weight excluding hydrogens is 370 g/mol. The smallest absolute Gasteiger partial charge is 0.274 e. The molecule has 0 fully saturated rings. The number of pyridine rings is 1. The molecule has 0 saturated heterocycles. The van der Waals surface area contributed by atoms with E-state index in [2.05, 4.69) is 26.2 Å². The summed E-state index contributed by atoms with van der Waals surface area (Å²) in [5, 5.41) is 12.8. The summed E-state index contributed by atoms with van der Waals surface area (Å²) in [6.07, 6.45) is 2.47. The maximum atomic E-state index is 12.9. The Hall–Kier alpha value is -2.34. The third kappa shape index (κ3) is 2.89. The number of fused-ring (bicyclic) bond motifs is 1. The number of imidazole rings is 1. The van der Waals surface area contributed by atoms with E-state index in [9.17, 15) is 9.90 Å². The molecule has 124 valence electrons. The van der Waals surface area contributed by atoms with Crippen molar-refractivity contribution in [2.24, 2.45) is 0 Å². The highest BCUT2D eigenvalue weighted by atomic mass is 79.9. The van der Waals surface area contributed by atoms with Gasteiger partial charge in [-0.25, -0.2) is 4.98 Å². The minimum absolute atomic E-state index is 0.0400. The highest BCUT2D eigenvalue weighted by Gasteiger charge is 2.20. The molecule has 0 aliphatic carbocycles. The summed E-state index contributed by atoms with van der Waals surface area (Å²) >= 11 is 3.47. The molecule has 2 N–H and O–H groups in total. The van der Waals surface area contributed by atoms with Gasteiger partial charge in [0.25, 0.3) is 5.91 Å². The number of anilines is 1. The van der Waals surface area contributed by atoms with Crippen molar-refractivity contribution >= 4 is 33.2 Å². The normalized spacial score (nSPS) is 11.0. The Morgan fingerprint density at radius 2 is 2.08 bits per heavy atom. The van der Waals surface area contributed by atoms with Crippen molar-refractivity contribution in [1.82, 2.24) is 9.38 Å². The van der Waals surface area contributed by atoms with Gasteiger partial charge >= 0.3 is 0 Å². The Kier molecular flexibility index (Phi) is 4.32. The van der Waals surface area contributed by atoms with Gasteiger partial charge in [0.15, 0.2) is 0 Å². The molecule has 6 heteroatoms. The molecule has 1 aromatic carbocycles. The zero-order chi connectivity index (χ0) is 17.4. The van der Waals surface area contributed by atoms with Gasteiger partial charge in [-0.3, -0.25) is 9.20 Å². The van der Waals surface area contributed by atoms with Crippen LogP contribution in [0.2, 0.25) is 0 Å². The number of carbonyl (C=O) groups is 1. The highest BCUT2D eigenvalue weighted by molar-refractivity contribution is 9.10. The number of halogens is 1. The highest BCUT2D eigenvalue weighted by Crippen LogP contribution is 2.26. The minimum Gasteiger partial charge on any atom is -0.506 e. The predicted octanol–water partition coefficient (Wildman–Crippen LogP) is 4.23. The first-order valence-electron chi connectivity index (χ1n) is 7.68. The lowest BCUT2D eigenvalue weighted by Crippen LogP contribution is -2.16. The molecule has 0 aliphatic heterocycles. The number of phenols is 1. The van der Waals surface area contributed by atoms with E-state index in [0.29, 0.717) is 17.8 Å². The molecule has 1 amide bonds. The van der Waals surface area contributed by atoms with Crippen molar-refractivity contribution in [2.75, 3.05) is 5.32 Å². The maximum absolute atomic E-state index is 12.9. The molecular formula is C18H18BrN3O2. The monoisotopic (exact) mass is 387 g/mol. The first-order valence-corrected chi connectivity index (χ1v) is 8.48. The second kappa shape index (κ2) is 6.28. The number of carbonyl (C=O) groups excluding carboxylic acids is 1. The first kappa shape index (κ1) is 16.5.